The summed E-state index contributed by atoms with van der Waals surface area (Å²) in [7, 11) is 4.16. The van der Waals surface area contributed by atoms with Crippen molar-refractivity contribution in [3.05, 3.63) is 116 Å². The number of aromatic amines is 1. The molecule has 250 valence electrons. The molecule has 0 saturated carbocycles. The number of nitrogens with zero attached hydrogens (tertiary/aromatic N) is 2. The number of benzene rings is 4. The number of hydrogen-bond acceptors (Lipinski definition) is 4. The van der Waals surface area contributed by atoms with E-state index in [0.717, 1.165) is 36.7 Å². The first-order valence-corrected chi connectivity index (χ1v) is 17.2. The van der Waals surface area contributed by atoms with Crippen molar-refractivity contribution < 1.29 is 9.59 Å². The fraction of sp³-hybridized carbons (Fsp3) is 0.317. The van der Waals surface area contributed by atoms with Crippen molar-refractivity contribution in [3.63, 3.8) is 0 Å². The number of nitrogens with one attached hydrogen (secondary N) is 3. The third-order valence-corrected chi connectivity index (χ3v) is 10.3. The van der Waals surface area contributed by atoms with Crippen LogP contribution in [0.3, 0.4) is 0 Å². The van der Waals surface area contributed by atoms with Gasteiger partial charge in [0.05, 0.1) is 0 Å². The molecule has 4 aromatic carbocycles. The van der Waals surface area contributed by atoms with E-state index in [-0.39, 0.29) is 22.8 Å². The summed E-state index contributed by atoms with van der Waals surface area (Å²) in [4.78, 5) is 43.5. The Kier molecular flexibility index (Phi) is 8.35. The second kappa shape index (κ2) is 12.7. The van der Waals surface area contributed by atoms with E-state index in [1.165, 1.54) is 38.5 Å². The van der Waals surface area contributed by atoms with Crippen molar-refractivity contribution in [2.24, 2.45) is 0 Å². The topological polar surface area (TPSA) is 97.3 Å². The zero-order chi connectivity index (χ0) is 34.4. The predicted octanol–water partition coefficient (Wildman–Crippen LogP) is 4.58. The Hall–Kier alpha value is -5.24. The number of anilines is 2. The molecule has 3 N–H and O–H groups in total. The molecule has 1 atom stereocenters. The Morgan fingerprint density at radius 3 is 2.55 bits per heavy atom. The summed E-state index contributed by atoms with van der Waals surface area (Å²) >= 11 is 0. The maximum Gasteiger partial charge on any atom is 0.256 e. The molecule has 0 radical (unpaired) electrons. The molecule has 0 spiro atoms. The number of aromatic nitrogens is 1. The highest BCUT2D eigenvalue weighted by Gasteiger charge is 2.32. The van der Waals surface area contributed by atoms with Gasteiger partial charge in [-0.1, -0.05) is 38.1 Å². The summed E-state index contributed by atoms with van der Waals surface area (Å²) in [5, 5.41) is 10.6. The van der Waals surface area contributed by atoms with Gasteiger partial charge in [-0.2, -0.15) is 0 Å². The van der Waals surface area contributed by atoms with Crippen LogP contribution in [0, 0.1) is 0 Å². The van der Waals surface area contributed by atoms with Gasteiger partial charge in [-0.15, -0.1) is 0 Å². The summed E-state index contributed by atoms with van der Waals surface area (Å²) < 4.78 is 2.43. The van der Waals surface area contributed by atoms with Crippen molar-refractivity contribution in [1.29, 1.82) is 0 Å². The van der Waals surface area contributed by atoms with Gasteiger partial charge in [-0.3, -0.25) is 14.4 Å². The number of fused-ring (bicyclic) bond motifs is 6. The average Bonchev–Trinajstić information content (AvgIpc) is 3.08. The molecular formula is C41H44N5O3+. The number of H-pyrrole nitrogens is 1. The van der Waals surface area contributed by atoms with Crippen LogP contribution in [0.25, 0.3) is 27.8 Å². The van der Waals surface area contributed by atoms with Gasteiger partial charge in [0.2, 0.25) is 17.2 Å². The first kappa shape index (κ1) is 32.3. The third kappa shape index (κ3) is 6.12. The summed E-state index contributed by atoms with van der Waals surface area (Å²) in [6.45, 7) is 8.08. The van der Waals surface area contributed by atoms with Gasteiger partial charge in [0.25, 0.3) is 5.56 Å². The lowest BCUT2D eigenvalue weighted by atomic mass is 9.71. The molecule has 5 aromatic rings. The van der Waals surface area contributed by atoms with Crippen LogP contribution >= 0.6 is 0 Å². The first-order chi connectivity index (χ1) is 23.5. The first-order valence-electron chi connectivity index (χ1n) is 17.2. The second-order valence-corrected chi connectivity index (χ2v) is 14.2. The standard InChI is InChI=1S/C41H43N5O3/c1-25(39(48)43-29-15-17-36-33(22-29)31-11-6-7-12-32(31)40(49)44-36)42-38(47)13-9-19-46-18-8-10-27-21-28-20-26-14-16-30(45(4)5)23-34(26)41(2,3)35(28)24-37(27)46/h6-7,11-12,14-17,20-25H,8-10,13,18-19H2,1-5H3,(H2-,42,43,44,47,48,49)/p+1. The second-order valence-electron chi connectivity index (χ2n) is 14.2. The number of hydrogen-bond donors (Lipinski definition) is 3. The fourth-order valence-corrected chi connectivity index (χ4v) is 7.54. The highest BCUT2D eigenvalue weighted by molar-refractivity contribution is 6.07. The van der Waals surface area contributed by atoms with Crippen LogP contribution in [0.1, 0.15) is 62.3 Å². The summed E-state index contributed by atoms with van der Waals surface area (Å²) in [5.41, 5.74) is 7.55. The quantitative estimate of drug-likeness (QED) is 0.169. The molecule has 0 bridgehead atoms. The molecule has 1 unspecified atom stereocenters. The Labute approximate surface area is 286 Å². The van der Waals surface area contributed by atoms with Gasteiger partial charge in [0.1, 0.15) is 19.1 Å². The number of carbonyl (C=O) groups excluding carboxylic acids is 2. The molecular weight excluding hydrogens is 610 g/mol. The van der Waals surface area contributed by atoms with Crippen LogP contribution in [0.4, 0.5) is 11.4 Å². The van der Waals surface area contributed by atoms with Crippen molar-refractivity contribution in [3.8, 4) is 0 Å². The molecule has 1 aliphatic carbocycles. The van der Waals surface area contributed by atoms with E-state index in [9.17, 15) is 14.4 Å². The van der Waals surface area contributed by atoms with Gasteiger partial charge in [0.15, 0.2) is 0 Å². The Balaban J connectivity index is 1.02. The normalized spacial score (nSPS) is 15.1. The predicted molar refractivity (Wildman–Crippen MR) is 199 cm³/mol. The van der Waals surface area contributed by atoms with Crippen LogP contribution in [0.2, 0.25) is 0 Å². The molecule has 8 nitrogen and oxygen atoms in total. The van der Waals surface area contributed by atoms with Gasteiger partial charge in [-0.25, -0.2) is 4.58 Å². The minimum atomic E-state index is -0.702. The maximum atomic E-state index is 13.1. The van der Waals surface area contributed by atoms with E-state index in [0.29, 0.717) is 29.4 Å². The number of aryl methyl sites for hydroxylation is 1. The largest absolute Gasteiger partial charge is 0.378 e. The van der Waals surface area contributed by atoms with Crippen molar-refractivity contribution in [2.75, 3.05) is 37.4 Å². The molecule has 2 aliphatic rings. The molecule has 7 rings (SSSR count). The molecule has 1 aromatic heterocycles. The number of carbonyl (C=O) groups is 2. The zero-order valence-electron chi connectivity index (χ0n) is 28.9. The lowest BCUT2D eigenvalue weighted by Crippen LogP contribution is -2.43. The van der Waals surface area contributed by atoms with Crippen LogP contribution in [0.5, 0.6) is 0 Å². The van der Waals surface area contributed by atoms with E-state index < -0.39 is 6.04 Å². The highest BCUT2D eigenvalue weighted by atomic mass is 16.2. The number of rotatable bonds is 8. The third-order valence-electron chi connectivity index (χ3n) is 10.3. The average molecular weight is 655 g/mol. The Morgan fingerprint density at radius 2 is 1.76 bits per heavy atom. The molecule has 2 heterocycles. The summed E-state index contributed by atoms with van der Waals surface area (Å²) in [5.74, 6) is -0.439. The van der Waals surface area contributed by atoms with Gasteiger partial charge in [0, 0.05) is 78.1 Å². The summed E-state index contributed by atoms with van der Waals surface area (Å²) in [6, 6.07) is 23.6. The van der Waals surface area contributed by atoms with Crippen LogP contribution in [0.15, 0.2) is 77.6 Å². The highest BCUT2D eigenvalue weighted by Crippen LogP contribution is 2.37. The molecule has 1 aliphatic heterocycles. The van der Waals surface area contributed by atoms with E-state index in [1.807, 2.05) is 24.3 Å². The van der Waals surface area contributed by atoms with Crippen molar-refractivity contribution in [2.45, 2.75) is 57.9 Å². The van der Waals surface area contributed by atoms with Crippen LogP contribution in [-0.4, -0.2) is 50.0 Å². The fourth-order valence-electron chi connectivity index (χ4n) is 7.54. The molecule has 0 fully saturated rings. The van der Waals surface area contributed by atoms with Gasteiger partial charge >= 0.3 is 0 Å². The van der Waals surface area contributed by atoms with Gasteiger partial charge in [-0.05, 0) is 89.2 Å². The van der Waals surface area contributed by atoms with E-state index in [2.05, 4.69) is 89.4 Å². The maximum absolute atomic E-state index is 13.1. The lowest BCUT2D eigenvalue weighted by Gasteiger charge is -2.33. The molecule has 2 amide bonds. The van der Waals surface area contributed by atoms with Crippen molar-refractivity contribution in [1.82, 2.24) is 14.9 Å². The molecule has 8 heteroatoms. The minimum Gasteiger partial charge on any atom is -0.378 e. The van der Waals surface area contributed by atoms with Crippen LogP contribution in [-0.2, 0) is 21.4 Å². The lowest BCUT2D eigenvalue weighted by molar-refractivity contribution is -0.126. The smallest absolute Gasteiger partial charge is 0.256 e. The molecule has 0 saturated heterocycles. The minimum absolute atomic E-state index is 0.139. The van der Waals surface area contributed by atoms with Gasteiger partial charge < -0.3 is 20.5 Å². The van der Waals surface area contributed by atoms with E-state index in [1.54, 1.807) is 25.1 Å². The number of pyridine rings is 1. The Morgan fingerprint density at radius 1 is 0.959 bits per heavy atom. The van der Waals surface area contributed by atoms with E-state index in [4.69, 9.17) is 0 Å². The zero-order valence-corrected chi connectivity index (χ0v) is 28.9. The summed E-state index contributed by atoms with van der Waals surface area (Å²) in [6.07, 6.45) is 5.50. The van der Waals surface area contributed by atoms with Crippen LogP contribution < -0.4 is 36.2 Å². The van der Waals surface area contributed by atoms with Crippen molar-refractivity contribution >= 4 is 50.9 Å². The Bertz CT molecular complexity index is 2340. The molecule has 49 heavy (non-hydrogen) atoms. The monoisotopic (exact) mass is 654 g/mol. The number of amides is 2. The van der Waals surface area contributed by atoms with E-state index >= 15 is 0 Å². The SMILES string of the molecule is CC(NC(=O)CCC[N+]1=c2cc3c(cc2CCC1)=Cc1ccc(N(C)C)cc1C3(C)C)C(=O)Nc1ccc2[nH]c(=O)c3ccccc3c2c1.